The number of para-hydroxylation sites is 1. The number of imidazole rings is 2. The summed E-state index contributed by atoms with van der Waals surface area (Å²) in [6.45, 7) is 29.3. The second-order valence-corrected chi connectivity index (χ2v) is 25.3. The van der Waals surface area contributed by atoms with Crippen molar-refractivity contribution in [3.05, 3.63) is 227 Å². The highest BCUT2D eigenvalue weighted by atomic mass is 15.4. The minimum Gasteiger partial charge on any atom is -0.238 e. The van der Waals surface area contributed by atoms with E-state index in [2.05, 4.69) is 319 Å². The normalized spacial score (nSPS) is 9.59. The number of aromatic nitrogens is 20. The molecule has 103 heavy (non-hydrogen) atoms. The molecule has 0 fully saturated rings. The predicted molar refractivity (Wildman–Crippen MR) is 429 cm³/mol. The van der Waals surface area contributed by atoms with E-state index < -0.39 is 0 Å². The van der Waals surface area contributed by atoms with Gasteiger partial charge in [0.1, 0.15) is 43.4 Å². The van der Waals surface area contributed by atoms with Crippen LogP contribution in [0.2, 0.25) is 0 Å². The molecule has 0 atom stereocenters. The van der Waals surface area contributed by atoms with E-state index in [1.54, 1.807) is 6.33 Å². The van der Waals surface area contributed by atoms with Crippen LogP contribution in [-0.4, -0.2) is 47.4 Å². The van der Waals surface area contributed by atoms with E-state index in [4.69, 9.17) is 0 Å². The Balaban J connectivity index is -0.000000527. The van der Waals surface area contributed by atoms with Crippen molar-refractivity contribution < 1.29 is 46.1 Å². The molecule has 0 N–H and O–H groups in total. The molecule has 10 aromatic heterocycles. The first-order valence-corrected chi connectivity index (χ1v) is 32.6. The molecule has 0 spiro atoms. The lowest BCUT2D eigenvalue weighted by Gasteiger charge is -1.96. The predicted octanol–water partition coefficient (Wildman–Crippen LogP) is 10.8. The van der Waals surface area contributed by atoms with Crippen LogP contribution in [0, 0.1) is 96.9 Å². The monoisotopic (exact) mass is 1430 g/mol. The van der Waals surface area contributed by atoms with Crippen molar-refractivity contribution >= 4 is 32.7 Å². The number of fused-ring (bicyclic) bond motifs is 3. The van der Waals surface area contributed by atoms with E-state index in [0.29, 0.717) is 0 Å². The summed E-state index contributed by atoms with van der Waals surface area (Å²) in [6, 6.07) is 34.1. The van der Waals surface area contributed by atoms with E-state index >= 15 is 0 Å². The van der Waals surface area contributed by atoms with E-state index in [-0.39, 0.29) is 52.0 Å². The van der Waals surface area contributed by atoms with E-state index in [1.165, 1.54) is 101 Å². The summed E-state index contributed by atoms with van der Waals surface area (Å²) >= 11 is 0. The van der Waals surface area contributed by atoms with Gasteiger partial charge in [0, 0.05) is 113 Å². The topological polar surface area (TPSA) is 104 Å². The molecule has 0 bridgehead atoms. The van der Waals surface area contributed by atoms with E-state index in [9.17, 15) is 0 Å². The second-order valence-electron chi connectivity index (χ2n) is 25.3. The summed E-state index contributed by atoms with van der Waals surface area (Å²) in [5, 5.41) is 12.1. The van der Waals surface area contributed by atoms with Gasteiger partial charge in [-0.3, -0.25) is 0 Å². The Hall–Kier alpha value is -9.72. The van der Waals surface area contributed by atoms with Crippen molar-refractivity contribution in [2.24, 2.45) is 127 Å². The van der Waals surface area contributed by atoms with Gasteiger partial charge in [0.25, 0.3) is 23.8 Å². The molecular weight excluding hydrogens is 1280 g/mol. The zero-order chi connectivity index (χ0) is 72.3. The molecule has 10 heterocycles. The van der Waals surface area contributed by atoms with E-state index in [0.717, 1.165) is 11.6 Å². The van der Waals surface area contributed by atoms with Gasteiger partial charge in [-0.2, -0.15) is 18.7 Å². The summed E-state index contributed by atoms with van der Waals surface area (Å²) in [4.78, 5) is 0. The molecule has 20 heteroatoms. The first-order valence-electron chi connectivity index (χ1n) is 32.6. The molecule has 0 amide bonds. The molecule has 20 nitrogen and oxygen atoms in total. The van der Waals surface area contributed by atoms with Crippen LogP contribution >= 0.6 is 0 Å². The van der Waals surface area contributed by atoms with Gasteiger partial charge >= 0.3 is 0 Å². The van der Waals surface area contributed by atoms with Gasteiger partial charge in [-0.15, -0.1) is 28.1 Å². The molecule has 13 rings (SSSR count). The van der Waals surface area contributed by atoms with Gasteiger partial charge in [-0.05, 0) is 88.6 Å². The molecule has 570 valence electrons. The summed E-state index contributed by atoms with van der Waals surface area (Å²) < 4.78 is 37.4. The van der Waals surface area contributed by atoms with Crippen molar-refractivity contribution in [1.82, 2.24) is 47.4 Å². The summed E-state index contributed by atoms with van der Waals surface area (Å²) in [5.74, 6) is 5.95. The van der Waals surface area contributed by atoms with Crippen molar-refractivity contribution in [1.29, 1.82) is 0 Å². The quantitative estimate of drug-likeness (QED) is 0.141. The zero-order valence-electron chi connectivity index (χ0n) is 64.8. The highest BCUT2D eigenvalue weighted by molar-refractivity contribution is 5.79. The van der Waals surface area contributed by atoms with Gasteiger partial charge < -0.3 is 0 Å². The smallest absolute Gasteiger partial charge is 0.238 e. The third-order valence-corrected chi connectivity index (χ3v) is 18.8. The largest absolute Gasteiger partial charge is 0.274 e. The van der Waals surface area contributed by atoms with Gasteiger partial charge in [-0.1, -0.05) is 76.3 Å². The fraction of sp³-hybridized carbons (Fsp3) is 0.470. The number of hydrogen-bond donors (Lipinski definition) is 0. The molecular formula is C83H148N20+10. The molecule has 0 aliphatic heterocycles. The lowest BCUT2D eigenvalue weighted by atomic mass is 10.1. The standard InChI is InChI=1S/C11H12N.2C10H13N2.C8H15N2.C7H13N2.C7H10N.C6H12N3.2C6H11N2.C5H10N3.7CH4/c1-9-5-6-10-4-3-7-12(2)11(10)8-9;1-8-4-5-9-7-11(2)12(3)10(9)6-8;1-8-9-6-4-5-7-10(9)12(3)11(8)2;1-6-7(2)10(5)8(3)9(6)4;1-6-5-7(2)9(4)8(6)3;1-7-3-5-8(2)6-4-7;1-5-7-9(4)6(2)8(5)3;1-6-7(2)4-5-8(6)3;1-6-4-5-7(2)8(6)3;1-5-7(2)4-6-8(5)3;;;;;;;/h3-8H,1-2H3;2*4-7H,1-3H3;1-5H3;5H,1-4H3;3-6H,1-2H3;1-4H3;2*4-5H,1-3H3;4H,1-3H3;7*1H4/q10*+1;;;;;;;. The number of benzene rings is 3. The third-order valence-electron chi connectivity index (χ3n) is 18.8. The van der Waals surface area contributed by atoms with Crippen LogP contribution in [0.15, 0.2) is 147 Å². The number of nitrogens with zero attached hydrogens (tertiary/aromatic N) is 20. The summed E-state index contributed by atoms with van der Waals surface area (Å²) in [5.41, 5.74) is 15.7. The minimum absolute atomic E-state index is 0. The van der Waals surface area contributed by atoms with Crippen molar-refractivity contribution in [2.45, 2.75) is 149 Å². The highest BCUT2D eigenvalue weighted by Crippen LogP contribution is 2.15. The zero-order valence-corrected chi connectivity index (χ0v) is 64.8. The van der Waals surface area contributed by atoms with Crippen LogP contribution in [0.25, 0.3) is 32.7 Å². The Labute approximate surface area is 625 Å². The Morgan fingerprint density at radius 3 is 1.28 bits per heavy atom. The van der Waals surface area contributed by atoms with Crippen molar-refractivity contribution in [3.8, 4) is 0 Å². The van der Waals surface area contributed by atoms with Crippen LogP contribution in [-0.2, 0) is 127 Å². The van der Waals surface area contributed by atoms with Crippen LogP contribution < -0.4 is 46.1 Å². The average Bonchev–Trinajstić information content (AvgIpc) is 1.67. The maximum atomic E-state index is 4.19. The Bertz CT molecular complexity index is 4220. The number of pyridine rings is 2. The van der Waals surface area contributed by atoms with Gasteiger partial charge in [0.15, 0.2) is 53.0 Å². The molecule has 3 aromatic carbocycles. The molecule has 0 radical (unpaired) electrons. The van der Waals surface area contributed by atoms with Crippen LogP contribution in [0.5, 0.6) is 0 Å². The van der Waals surface area contributed by atoms with Crippen molar-refractivity contribution in [2.75, 3.05) is 0 Å². The third kappa shape index (κ3) is 27.2. The fourth-order valence-corrected chi connectivity index (χ4v) is 10.0. The molecule has 0 saturated heterocycles. The van der Waals surface area contributed by atoms with Gasteiger partial charge in [-0.25, -0.2) is 36.5 Å². The maximum Gasteiger partial charge on any atom is 0.274 e. The lowest BCUT2D eigenvalue weighted by molar-refractivity contribution is -0.756. The Kier molecular flexibility index (Phi) is 43.8. The van der Waals surface area contributed by atoms with Crippen molar-refractivity contribution in [3.63, 3.8) is 0 Å². The minimum atomic E-state index is 0. The number of rotatable bonds is 0. The molecule has 0 aliphatic rings. The molecule has 0 unspecified atom stereocenters. The fourth-order valence-electron chi connectivity index (χ4n) is 10.0. The lowest BCUT2D eigenvalue weighted by Crippen LogP contribution is -2.39. The first-order chi connectivity index (χ1) is 44.9. The van der Waals surface area contributed by atoms with Crippen LogP contribution in [0.4, 0.5) is 0 Å². The van der Waals surface area contributed by atoms with Gasteiger partial charge in [0.05, 0.1) is 112 Å². The summed E-state index contributed by atoms with van der Waals surface area (Å²) in [7, 11) is 36.7. The van der Waals surface area contributed by atoms with Crippen LogP contribution in [0.3, 0.4) is 0 Å². The Morgan fingerprint density at radius 2 is 0.942 bits per heavy atom. The number of aryl methyl sites for hydroxylation is 19. The van der Waals surface area contributed by atoms with Crippen LogP contribution in [0.1, 0.15) is 132 Å². The second kappa shape index (κ2) is 45.3. The SMILES string of the molecule is C.C.C.C.C.C.C.Cc1c(C)[n+](C)c(C)n1C.Cc1c2ccccc2[n+](C)n1C.Cc1cc(C)[n+](C)n1C.Cc1cc[n+](C)cc1.Cc1cc[n+](C)n1C.Cc1ccc2c[n+](C)n(C)c2c1.Cc1ccc2ccc[n+](C)c2c1.Cc1n(C)cc[n+]1C.Cc1n(C)nc[n+]1C.Cc1nn(C)c(C)[n+]1C. The highest BCUT2D eigenvalue weighted by Gasteiger charge is 2.17. The summed E-state index contributed by atoms with van der Waals surface area (Å²) in [6.07, 6.45) is 16.2. The van der Waals surface area contributed by atoms with E-state index in [1.807, 2.05) is 138 Å². The maximum absolute atomic E-state index is 4.19. The first kappa shape index (κ1) is 99.7. The Morgan fingerprint density at radius 1 is 0.379 bits per heavy atom. The molecule has 0 saturated carbocycles. The number of hydrogen-bond acceptors (Lipinski definition) is 2. The average molecular weight is 1430 g/mol. The molecule has 13 aromatic rings. The molecule has 0 aliphatic carbocycles. The van der Waals surface area contributed by atoms with Gasteiger partial charge in [0.2, 0.25) is 34.6 Å².